The van der Waals surface area contributed by atoms with E-state index >= 15 is 0 Å². The Bertz CT molecular complexity index is 671. The molecule has 1 aromatic heterocycles. The number of hydrogen-bond donors (Lipinski definition) is 1. The van der Waals surface area contributed by atoms with Crippen molar-refractivity contribution in [2.24, 2.45) is 0 Å². The number of carbonyl (C=O) groups excluding carboxylic acids is 2. The first kappa shape index (κ1) is 14.3. The molecule has 3 rings (SSSR count). The summed E-state index contributed by atoms with van der Waals surface area (Å²) in [5.74, 6) is -0.190. The van der Waals surface area contributed by atoms with Gasteiger partial charge < -0.3 is 10.2 Å². The third-order valence-electron chi connectivity index (χ3n) is 3.30. The molecular formula is C15H13BrN2O2S. The fourth-order valence-electron chi connectivity index (χ4n) is 2.33. The van der Waals surface area contributed by atoms with E-state index in [4.69, 9.17) is 0 Å². The average Bonchev–Trinajstić information content (AvgIpc) is 2.89. The lowest BCUT2D eigenvalue weighted by molar-refractivity contribution is -0.145. The standard InChI is InChI=1S/C15H13BrN2O2S/c16-11-6-12(21-9-11)7-18-8-13(19)17-14(15(18)20)10-4-2-1-3-5-10/h1-6,9,14H,7-8H2,(H,17,19). The summed E-state index contributed by atoms with van der Waals surface area (Å²) in [6, 6.07) is 10.7. The van der Waals surface area contributed by atoms with Crippen LogP contribution in [0, 0.1) is 0 Å². The molecule has 1 unspecified atom stereocenters. The number of hydrogen-bond acceptors (Lipinski definition) is 3. The molecule has 2 aromatic rings. The average molecular weight is 365 g/mol. The van der Waals surface area contributed by atoms with Gasteiger partial charge >= 0.3 is 0 Å². The van der Waals surface area contributed by atoms with Crippen LogP contribution in [0.15, 0.2) is 46.3 Å². The first-order chi connectivity index (χ1) is 10.1. The van der Waals surface area contributed by atoms with E-state index in [1.165, 1.54) is 0 Å². The van der Waals surface area contributed by atoms with Crippen molar-refractivity contribution in [1.29, 1.82) is 0 Å². The van der Waals surface area contributed by atoms with Crippen molar-refractivity contribution < 1.29 is 9.59 Å². The lowest BCUT2D eigenvalue weighted by Crippen LogP contribution is -2.52. The van der Waals surface area contributed by atoms with Gasteiger partial charge in [-0.05, 0) is 27.6 Å². The topological polar surface area (TPSA) is 49.4 Å². The number of nitrogens with zero attached hydrogens (tertiary/aromatic N) is 1. The zero-order valence-corrected chi connectivity index (χ0v) is 13.5. The molecule has 1 saturated heterocycles. The minimum atomic E-state index is -0.587. The second kappa shape index (κ2) is 5.99. The quantitative estimate of drug-likeness (QED) is 0.909. The number of carbonyl (C=O) groups is 2. The smallest absolute Gasteiger partial charge is 0.250 e. The van der Waals surface area contributed by atoms with Gasteiger partial charge in [0.1, 0.15) is 12.6 Å². The minimum absolute atomic E-state index is 0.0645. The Kier molecular flexibility index (Phi) is 4.07. The molecule has 1 fully saturated rings. The monoisotopic (exact) mass is 364 g/mol. The number of nitrogens with one attached hydrogen (secondary N) is 1. The van der Waals surface area contributed by atoms with E-state index in [1.54, 1.807) is 16.2 Å². The molecule has 0 bridgehead atoms. The predicted octanol–water partition coefficient (Wildman–Crippen LogP) is 2.71. The number of amides is 2. The summed E-state index contributed by atoms with van der Waals surface area (Å²) >= 11 is 4.97. The normalized spacial score (nSPS) is 18.7. The van der Waals surface area contributed by atoms with Crippen molar-refractivity contribution in [2.45, 2.75) is 12.6 Å². The molecule has 1 aliphatic rings. The van der Waals surface area contributed by atoms with Gasteiger partial charge in [-0.15, -0.1) is 11.3 Å². The van der Waals surface area contributed by atoms with Crippen molar-refractivity contribution in [3.63, 3.8) is 0 Å². The van der Waals surface area contributed by atoms with Crippen LogP contribution in [-0.4, -0.2) is 23.3 Å². The highest BCUT2D eigenvalue weighted by molar-refractivity contribution is 9.10. The molecule has 0 aliphatic carbocycles. The van der Waals surface area contributed by atoms with Gasteiger partial charge in [-0.2, -0.15) is 0 Å². The number of thiophene rings is 1. The highest BCUT2D eigenvalue weighted by atomic mass is 79.9. The fraction of sp³-hybridized carbons (Fsp3) is 0.200. The summed E-state index contributed by atoms with van der Waals surface area (Å²) in [7, 11) is 0. The summed E-state index contributed by atoms with van der Waals surface area (Å²) < 4.78 is 0.996. The molecule has 1 aromatic carbocycles. The van der Waals surface area contributed by atoms with Crippen LogP contribution in [0.5, 0.6) is 0 Å². The molecule has 4 nitrogen and oxygen atoms in total. The summed E-state index contributed by atoms with van der Waals surface area (Å²) in [5.41, 5.74) is 0.813. The van der Waals surface area contributed by atoms with E-state index < -0.39 is 6.04 Å². The minimum Gasteiger partial charge on any atom is -0.339 e. The van der Waals surface area contributed by atoms with Crippen LogP contribution in [0.3, 0.4) is 0 Å². The Morgan fingerprint density at radius 2 is 2.05 bits per heavy atom. The molecule has 2 heterocycles. The van der Waals surface area contributed by atoms with Gasteiger partial charge in [0.25, 0.3) is 5.91 Å². The Hall–Kier alpha value is -1.66. The predicted molar refractivity (Wildman–Crippen MR) is 84.8 cm³/mol. The summed E-state index contributed by atoms with van der Waals surface area (Å²) in [5, 5.41) is 4.74. The molecule has 1 atom stereocenters. The lowest BCUT2D eigenvalue weighted by Gasteiger charge is -2.32. The van der Waals surface area contributed by atoms with Gasteiger partial charge in [-0.1, -0.05) is 30.3 Å². The maximum atomic E-state index is 12.6. The number of halogens is 1. The van der Waals surface area contributed by atoms with Crippen LogP contribution in [0.1, 0.15) is 16.5 Å². The van der Waals surface area contributed by atoms with E-state index in [0.29, 0.717) is 6.54 Å². The van der Waals surface area contributed by atoms with Crippen molar-refractivity contribution in [2.75, 3.05) is 6.54 Å². The van der Waals surface area contributed by atoms with Gasteiger partial charge in [0.2, 0.25) is 5.91 Å². The van der Waals surface area contributed by atoms with Crippen molar-refractivity contribution in [1.82, 2.24) is 10.2 Å². The summed E-state index contributed by atoms with van der Waals surface area (Å²) in [6.45, 7) is 0.573. The Balaban J connectivity index is 1.81. The van der Waals surface area contributed by atoms with Crippen LogP contribution in [0.2, 0.25) is 0 Å². The van der Waals surface area contributed by atoms with Gasteiger partial charge in [0.15, 0.2) is 0 Å². The van der Waals surface area contributed by atoms with Crippen molar-refractivity contribution in [3.8, 4) is 0 Å². The summed E-state index contributed by atoms with van der Waals surface area (Å²) in [6.07, 6.45) is 0. The number of benzene rings is 1. The second-order valence-electron chi connectivity index (χ2n) is 4.84. The highest BCUT2D eigenvalue weighted by Gasteiger charge is 2.33. The SMILES string of the molecule is O=C1CN(Cc2cc(Br)cs2)C(=O)C(c2ccccc2)N1. The first-order valence-electron chi connectivity index (χ1n) is 6.49. The Morgan fingerprint density at radius 1 is 1.29 bits per heavy atom. The molecule has 0 spiro atoms. The molecule has 6 heteroatoms. The van der Waals surface area contributed by atoms with Crippen LogP contribution in [0.25, 0.3) is 0 Å². The Morgan fingerprint density at radius 3 is 2.71 bits per heavy atom. The molecule has 21 heavy (non-hydrogen) atoms. The second-order valence-corrected chi connectivity index (χ2v) is 6.75. The number of piperazine rings is 1. The molecular weight excluding hydrogens is 352 g/mol. The van der Waals surface area contributed by atoms with Crippen LogP contribution < -0.4 is 5.32 Å². The zero-order chi connectivity index (χ0) is 14.8. The van der Waals surface area contributed by atoms with Gasteiger partial charge in [0.05, 0.1) is 6.54 Å². The largest absolute Gasteiger partial charge is 0.339 e. The van der Waals surface area contributed by atoms with Crippen molar-refractivity contribution in [3.05, 3.63) is 56.7 Å². The zero-order valence-electron chi connectivity index (χ0n) is 11.1. The third-order valence-corrected chi connectivity index (χ3v) is 4.98. The first-order valence-corrected chi connectivity index (χ1v) is 8.17. The summed E-state index contributed by atoms with van der Waals surface area (Å²) in [4.78, 5) is 27.1. The number of rotatable bonds is 3. The maximum absolute atomic E-state index is 12.6. The van der Waals surface area contributed by atoms with Crippen LogP contribution in [-0.2, 0) is 16.1 Å². The van der Waals surface area contributed by atoms with Crippen LogP contribution in [0.4, 0.5) is 0 Å². The fourth-order valence-corrected chi connectivity index (χ4v) is 3.80. The van der Waals surface area contributed by atoms with E-state index in [9.17, 15) is 9.59 Å². The maximum Gasteiger partial charge on any atom is 0.250 e. The van der Waals surface area contributed by atoms with E-state index in [-0.39, 0.29) is 18.4 Å². The van der Waals surface area contributed by atoms with Crippen molar-refractivity contribution >= 4 is 39.1 Å². The van der Waals surface area contributed by atoms with E-state index in [1.807, 2.05) is 41.8 Å². The third kappa shape index (κ3) is 3.16. The lowest BCUT2D eigenvalue weighted by atomic mass is 10.0. The molecule has 108 valence electrons. The molecule has 1 N–H and O–H groups in total. The highest BCUT2D eigenvalue weighted by Crippen LogP contribution is 2.24. The van der Waals surface area contributed by atoms with Gasteiger partial charge in [0, 0.05) is 14.7 Å². The van der Waals surface area contributed by atoms with Crippen LogP contribution >= 0.6 is 27.3 Å². The molecule has 2 amide bonds. The molecule has 0 radical (unpaired) electrons. The van der Waals surface area contributed by atoms with Gasteiger partial charge in [-0.3, -0.25) is 9.59 Å². The van der Waals surface area contributed by atoms with E-state index in [0.717, 1.165) is 14.9 Å². The molecule has 0 saturated carbocycles. The van der Waals surface area contributed by atoms with E-state index in [2.05, 4.69) is 21.2 Å². The molecule has 1 aliphatic heterocycles. The van der Waals surface area contributed by atoms with Gasteiger partial charge in [-0.25, -0.2) is 0 Å². The Labute approximate surface area is 134 Å².